The highest BCUT2D eigenvalue weighted by Crippen LogP contribution is 2.31. The number of benzene rings is 3. The Labute approximate surface area is 328 Å². The van der Waals surface area contributed by atoms with E-state index >= 15 is 0 Å². The molecule has 7 rings (SSSR count). The molecule has 1 amide bonds. The predicted octanol–water partition coefficient (Wildman–Crippen LogP) is 6.07. The van der Waals surface area contributed by atoms with Crippen LogP contribution < -0.4 is 16.5 Å². The molecule has 0 saturated carbocycles. The molecule has 3 aromatic carbocycles. The molecule has 12 nitrogen and oxygen atoms in total. The van der Waals surface area contributed by atoms with Gasteiger partial charge in [0.05, 0.1) is 6.26 Å². The molecule has 4 heterocycles. The lowest BCUT2D eigenvalue weighted by atomic mass is 9.99. The van der Waals surface area contributed by atoms with Gasteiger partial charge in [-0.1, -0.05) is 66.2 Å². The van der Waals surface area contributed by atoms with Crippen LogP contribution in [0.3, 0.4) is 0 Å². The number of nitrogen functional groups attached to an aromatic ring is 1. The number of amides is 1. The van der Waals surface area contributed by atoms with E-state index in [1.165, 1.54) is 5.56 Å². The zero-order chi connectivity index (χ0) is 39.8. The van der Waals surface area contributed by atoms with Crippen molar-refractivity contribution in [1.82, 2.24) is 19.4 Å². The second kappa shape index (κ2) is 18.2. The van der Waals surface area contributed by atoms with Crippen LogP contribution in [0.15, 0.2) is 102 Å². The second-order valence-corrected chi connectivity index (χ2v) is 16.2. The standard InChI is InChI=1S/C42H46N6O3.CH4O3S/c1-29-3-7-34(8-4-29)38-27-48(26-31-15-21-51-22-16-31)28-39(40(38)49)42(50)45-36-13-11-33(12-14-36)37-23-35(24-44-41(37)43)32-9-5-30(6-10-32)25-47-19-17-46(2)18-20-47;1-5(2,3)4/h3-14,23-24,27-28,31H,15-22,25-26H2,1-2H3,(H2,43,44)(H,45,50);1H3,(H,2,3,4). The summed E-state index contributed by atoms with van der Waals surface area (Å²) in [7, 11) is -1.49. The molecule has 2 aromatic heterocycles. The van der Waals surface area contributed by atoms with Crippen LogP contribution in [0.4, 0.5) is 11.5 Å². The third kappa shape index (κ3) is 11.2. The minimum Gasteiger partial charge on any atom is -0.383 e. The number of ether oxygens (including phenoxy) is 1. The van der Waals surface area contributed by atoms with Crippen LogP contribution in [0.1, 0.15) is 34.3 Å². The molecule has 2 saturated heterocycles. The Morgan fingerprint density at radius 3 is 2.11 bits per heavy atom. The lowest BCUT2D eigenvalue weighted by Gasteiger charge is -2.32. The number of piperazine rings is 1. The van der Waals surface area contributed by atoms with Crippen molar-refractivity contribution in [3.05, 3.63) is 124 Å². The van der Waals surface area contributed by atoms with E-state index in [1.807, 2.05) is 72.4 Å². The summed E-state index contributed by atoms with van der Waals surface area (Å²) in [5, 5.41) is 2.96. The highest BCUT2D eigenvalue weighted by atomic mass is 32.2. The Bertz CT molecular complexity index is 2270. The lowest BCUT2D eigenvalue weighted by molar-refractivity contribution is 0.0612. The van der Waals surface area contributed by atoms with Gasteiger partial charge in [0.15, 0.2) is 0 Å². The minimum atomic E-state index is -3.67. The monoisotopic (exact) mass is 778 g/mol. The fourth-order valence-electron chi connectivity index (χ4n) is 6.93. The van der Waals surface area contributed by atoms with E-state index in [9.17, 15) is 18.0 Å². The predicted molar refractivity (Wildman–Crippen MR) is 222 cm³/mol. The summed E-state index contributed by atoms with van der Waals surface area (Å²) in [6, 6.07) is 26.1. The summed E-state index contributed by atoms with van der Waals surface area (Å²) in [4.78, 5) is 36.8. The molecule has 294 valence electrons. The Kier molecular flexibility index (Phi) is 13.1. The van der Waals surface area contributed by atoms with Gasteiger partial charge in [0.25, 0.3) is 16.0 Å². The summed E-state index contributed by atoms with van der Waals surface area (Å²) in [5.41, 5.74) is 14.2. The molecule has 0 unspecified atom stereocenters. The normalized spacial score (nSPS) is 15.5. The average molecular weight is 779 g/mol. The molecular weight excluding hydrogens is 729 g/mol. The van der Waals surface area contributed by atoms with Gasteiger partial charge in [-0.25, -0.2) is 4.98 Å². The molecular formula is C43H50N6O6S. The lowest BCUT2D eigenvalue weighted by Crippen LogP contribution is -2.43. The van der Waals surface area contributed by atoms with Crippen LogP contribution >= 0.6 is 0 Å². The number of likely N-dealkylation sites (N-methyl/N-ethyl adjacent to an activating group) is 1. The van der Waals surface area contributed by atoms with Gasteiger partial charge in [-0.15, -0.1) is 0 Å². The number of aryl methyl sites for hydroxylation is 1. The van der Waals surface area contributed by atoms with Gasteiger partial charge in [-0.2, -0.15) is 8.42 Å². The minimum absolute atomic E-state index is 0.111. The topological polar surface area (TPSA) is 160 Å². The van der Waals surface area contributed by atoms with Crippen LogP contribution in [0, 0.1) is 12.8 Å². The first-order valence-electron chi connectivity index (χ1n) is 18.8. The Morgan fingerprint density at radius 2 is 1.46 bits per heavy atom. The molecule has 2 aliphatic heterocycles. The van der Waals surface area contributed by atoms with E-state index < -0.39 is 16.0 Å². The van der Waals surface area contributed by atoms with E-state index in [4.69, 9.17) is 15.0 Å². The van der Waals surface area contributed by atoms with Crippen molar-refractivity contribution in [2.24, 2.45) is 5.92 Å². The van der Waals surface area contributed by atoms with Gasteiger partial charge in [0.2, 0.25) is 5.43 Å². The summed E-state index contributed by atoms with van der Waals surface area (Å²) in [5.74, 6) is 0.407. The smallest absolute Gasteiger partial charge is 0.261 e. The number of nitrogens with two attached hydrogens (primary N) is 1. The van der Waals surface area contributed by atoms with Crippen molar-refractivity contribution in [2.75, 3.05) is 63.7 Å². The zero-order valence-corrected chi connectivity index (χ0v) is 33.0. The van der Waals surface area contributed by atoms with Crippen LogP contribution in [0.25, 0.3) is 33.4 Å². The number of rotatable bonds is 9. The summed E-state index contributed by atoms with van der Waals surface area (Å²) >= 11 is 0. The number of nitrogens with one attached hydrogen (secondary N) is 1. The summed E-state index contributed by atoms with van der Waals surface area (Å²) < 4.78 is 33.4. The van der Waals surface area contributed by atoms with Gasteiger partial charge < -0.3 is 25.3 Å². The number of carbonyl (C=O) groups excluding carboxylic acids is 1. The molecule has 0 atom stereocenters. The number of hydrogen-bond donors (Lipinski definition) is 3. The third-order valence-corrected chi connectivity index (χ3v) is 10.2. The van der Waals surface area contributed by atoms with Crippen LogP contribution in [0.2, 0.25) is 0 Å². The highest BCUT2D eigenvalue weighted by molar-refractivity contribution is 7.85. The zero-order valence-electron chi connectivity index (χ0n) is 32.1. The Morgan fingerprint density at radius 1 is 0.875 bits per heavy atom. The van der Waals surface area contributed by atoms with Gasteiger partial charge in [-0.3, -0.25) is 19.0 Å². The van der Waals surface area contributed by atoms with Crippen molar-refractivity contribution in [1.29, 1.82) is 0 Å². The van der Waals surface area contributed by atoms with Gasteiger partial charge in [0, 0.05) is 93.5 Å². The van der Waals surface area contributed by atoms with E-state index in [-0.39, 0.29) is 11.0 Å². The highest BCUT2D eigenvalue weighted by Gasteiger charge is 2.20. The number of hydrogen-bond acceptors (Lipinski definition) is 9. The van der Waals surface area contributed by atoms with Crippen LogP contribution in [-0.2, 0) is 27.9 Å². The quantitative estimate of drug-likeness (QED) is 0.150. The Hall–Kier alpha value is -5.18. The fourth-order valence-corrected chi connectivity index (χ4v) is 6.93. The SMILES string of the molecule is CS(=O)(=O)O.Cc1ccc(-c2cn(CC3CCOCC3)cc(C(=O)Nc3ccc(-c4cc(-c5ccc(CN6CCN(C)CC6)cc5)cnc4N)cc3)c2=O)cc1. The Balaban J connectivity index is 0.00000100. The van der Waals surface area contributed by atoms with E-state index in [0.29, 0.717) is 35.8 Å². The summed E-state index contributed by atoms with van der Waals surface area (Å²) in [6.45, 7) is 9.52. The first kappa shape index (κ1) is 40.5. The maximum absolute atomic E-state index is 13.8. The molecule has 0 radical (unpaired) electrons. The molecule has 4 N–H and O–H groups in total. The van der Waals surface area contributed by atoms with Crippen molar-refractivity contribution in [2.45, 2.75) is 32.9 Å². The molecule has 5 aromatic rings. The van der Waals surface area contributed by atoms with E-state index in [2.05, 4.69) is 57.5 Å². The van der Waals surface area contributed by atoms with E-state index in [0.717, 1.165) is 92.2 Å². The maximum atomic E-state index is 13.8. The molecule has 2 aliphatic rings. The van der Waals surface area contributed by atoms with Crippen LogP contribution in [0.5, 0.6) is 0 Å². The first-order chi connectivity index (χ1) is 26.8. The number of carbonyl (C=O) groups is 1. The van der Waals surface area contributed by atoms with Crippen molar-refractivity contribution >= 4 is 27.5 Å². The first-order valence-corrected chi connectivity index (χ1v) is 20.6. The number of aromatic nitrogens is 2. The maximum Gasteiger partial charge on any atom is 0.261 e. The van der Waals surface area contributed by atoms with Gasteiger partial charge >= 0.3 is 0 Å². The molecule has 0 spiro atoms. The largest absolute Gasteiger partial charge is 0.383 e. The van der Waals surface area contributed by atoms with E-state index in [1.54, 1.807) is 6.20 Å². The summed E-state index contributed by atoms with van der Waals surface area (Å²) in [6.07, 6.45) is 7.99. The number of nitrogens with zero attached hydrogens (tertiary/aromatic N) is 4. The van der Waals surface area contributed by atoms with Crippen molar-refractivity contribution in [3.63, 3.8) is 0 Å². The third-order valence-electron chi connectivity index (χ3n) is 10.2. The second-order valence-electron chi connectivity index (χ2n) is 14.7. The van der Waals surface area contributed by atoms with Crippen molar-refractivity contribution in [3.8, 4) is 33.4 Å². The molecule has 0 bridgehead atoms. The van der Waals surface area contributed by atoms with Crippen LogP contribution in [-0.4, -0.2) is 90.9 Å². The molecule has 56 heavy (non-hydrogen) atoms. The van der Waals surface area contributed by atoms with Gasteiger partial charge in [0.1, 0.15) is 11.4 Å². The number of pyridine rings is 2. The molecule has 2 fully saturated rings. The molecule has 0 aliphatic carbocycles. The van der Waals surface area contributed by atoms with Crippen molar-refractivity contribution < 1.29 is 22.5 Å². The van der Waals surface area contributed by atoms with Gasteiger partial charge in [-0.05, 0) is 73.2 Å². The molecule has 13 heteroatoms. The number of anilines is 2. The fraction of sp³-hybridized carbons (Fsp3) is 0.326. The average Bonchev–Trinajstić information content (AvgIpc) is 3.17.